The van der Waals surface area contributed by atoms with Crippen molar-refractivity contribution in [2.45, 2.75) is 45.1 Å². The molecular formula is C13H26N2O2. The Morgan fingerprint density at radius 2 is 1.82 bits per heavy atom. The predicted molar refractivity (Wildman–Crippen MR) is 69.0 cm³/mol. The van der Waals surface area contributed by atoms with Gasteiger partial charge in [-0.15, -0.1) is 0 Å². The average Bonchev–Trinajstić information content (AvgIpc) is 2.57. The molecule has 0 saturated carbocycles. The Hall–Kier alpha value is -0.610. The maximum absolute atomic E-state index is 11.9. The Labute approximate surface area is 105 Å². The van der Waals surface area contributed by atoms with Crippen LogP contribution in [0.3, 0.4) is 0 Å². The molecule has 1 aliphatic rings. The summed E-state index contributed by atoms with van der Waals surface area (Å²) in [6, 6.07) is 0. The summed E-state index contributed by atoms with van der Waals surface area (Å²) in [4.78, 5) is 13.9. The van der Waals surface area contributed by atoms with Crippen molar-refractivity contribution in [3.8, 4) is 0 Å². The Balaban J connectivity index is 2.24. The number of carbonyl (C=O) groups excluding carboxylic acids is 1. The molecule has 0 aromatic heterocycles. The topological polar surface area (TPSA) is 41.6 Å². The van der Waals surface area contributed by atoms with Crippen LogP contribution >= 0.6 is 0 Å². The van der Waals surface area contributed by atoms with Crippen LogP contribution < -0.4 is 5.32 Å². The molecule has 1 amide bonds. The Kier molecular flexibility index (Phi) is 5.92. The lowest BCUT2D eigenvalue weighted by molar-refractivity contribution is -0.130. The van der Waals surface area contributed by atoms with Gasteiger partial charge in [0.15, 0.2) is 0 Å². The van der Waals surface area contributed by atoms with Crippen molar-refractivity contribution < 1.29 is 9.53 Å². The van der Waals surface area contributed by atoms with E-state index in [1.54, 1.807) is 7.11 Å². The minimum absolute atomic E-state index is 0.209. The summed E-state index contributed by atoms with van der Waals surface area (Å²) in [7, 11) is 1.69. The van der Waals surface area contributed by atoms with Crippen LogP contribution in [0.15, 0.2) is 0 Å². The molecule has 0 spiro atoms. The number of hydrogen-bond donors (Lipinski definition) is 1. The van der Waals surface area contributed by atoms with Gasteiger partial charge in [0.2, 0.25) is 5.91 Å². The summed E-state index contributed by atoms with van der Waals surface area (Å²) in [5, 5.41) is 3.18. The summed E-state index contributed by atoms with van der Waals surface area (Å²) >= 11 is 0. The van der Waals surface area contributed by atoms with Gasteiger partial charge in [0.05, 0.1) is 12.1 Å². The fourth-order valence-corrected chi connectivity index (χ4v) is 1.97. The summed E-state index contributed by atoms with van der Waals surface area (Å²) in [6.45, 7) is 6.99. The van der Waals surface area contributed by atoms with Gasteiger partial charge in [-0.1, -0.05) is 12.8 Å². The van der Waals surface area contributed by atoms with E-state index in [-0.39, 0.29) is 11.5 Å². The first-order valence-electron chi connectivity index (χ1n) is 6.59. The first-order chi connectivity index (χ1) is 8.05. The van der Waals surface area contributed by atoms with Crippen LogP contribution in [-0.2, 0) is 9.53 Å². The van der Waals surface area contributed by atoms with Gasteiger partial charge in [0.1, 0.15) is 0 Å². The highest BCUT2D eigenvalue weighted by molar-refractivity contribution is 5.78. The summed E-state index contributed by atoms with van der Waals surface area (Å²) in [5.74, 6) is 0.221. The standard InChI is InChI=1S/C13H26N2O2/c1-13(2,17-3)11-14-10-12(16)15-8-6-4-5-7-9-15/h14H,4-11H2,1-3H3. The van der Waals surface area contributed by atoms with Crippen LogP contribution in [0.25, 0.3) is 0 Å². The van der Waals surface area contributed by atoms with E-state index >= 15 is 0 Å². The minimum Gasteiger partial charge on any atom is -0.377 e. The molecule has 1 aliphatic heterocycles. The second-order valence-electron chi connectivity index (χ2n) is 5.36. The van der Waals surface area contributed by atoms with Crippen molar-refractivity contribution in [2.75, 3.05) is 33.3 Å². The summed E-state index contributed by atoms with van der Waals surface area (Å²) < 4.78 is 5.30. The minimum atomic E-state index is -0.209. The lowest BCUT2D eigenvalue weighted by Crippen LogP contribution is -2.43. The van der Waals surface area contributed by atoms with Gasteiger partial charge in [0, 0.05) is 26.7 Å². The quantitative estimate of drug-likeness (QED) is 0.792. The van der Waals surface area contributed by atoms with E-state index in [4.69, 9.17) is 4.74 Å². The third-order valence-electron chi connectivity index (χ3n) is 3.34. The van der Waals surface area contributed by atoms with Crippen LogP contribution in [0, 0.1) is 0 Å². The number of amides is 1. The second kappa shape index (κ2) is 6.97. The number of rotatable bonds is 5. The van der Waals surface area contributed by atoms with Crippen LogP contribution in [0.5, 0.6) is 0 Å². The third-order valence-corrected chi connectivity index (χ3v) is 3.34. The molecule has 4 heteroatoms. The van der Waals surface area contributed by atoms with Crippen molar-refractivity contribution >= 4 is 5.91 Å². The molecule has 4 nitrogen and oxygen atoms in total. The van der Waals surface area contributed by atoms with E-state index in [2.05, 4.69) is 5.32 Å². The van der Waals surface area contributed by atoms with Gasteiger partial charge in [-0.05, 0) is 26.7 Å². The Bertz CT molecular complexity index is 234. The molecule has 0 radical (unpaired) electrons. The maximum atomic E-state index is 11.9. The molecule has 1 N–H and O–H groups in total. The molecule has 1 fully saturated rings. The molecule has 1 saturated heterocycles. The van der Waals surface area contributed by atoms with Gasteiger partial charge in [0.25, 0.3) is 0 Å². The smallest absolute Gasteiger partial charge is 0.236 e. The average molecular weight is 242 g/mol. The third kappa shape index (κ3) is 5.50. The highest BCUT2D eigenvalue weighted by atomic mass is 16.5. The van der Waals surface area contributed by atoms with Crippen LogP contribution in [-0.4, -0.2) is 49.7 Å². The molecule has 0 aromatic rings. The predicted octanol–water partition coefficient (Wildman–Crippen LogP) is 1.40. The van der Waals surface area contributed by atoms with Crippen molar-refractivity contribution in [1.29, 1.82) is 0 Å². The Morgan fingerprint density at radius 1 is 1.24 bits per heavy atom. The number of carbonyl (C=O) groups is 1. The molecule has 1 heterocycles. The van der Waals surface area contributed by atoms with Crippen LogP contribution in [0.4, 0.5) is 0 Å². The molecule has 17 heavy (non-hydrogen) atoms. The van der Waals surface area contributed by atoms with Crippen molar-refractivity contribution in [3.63, 3.8) is 0 Å². The van der Waals surface area contributed by atoms with Gasteiger partial charge in [-0.2, -0.15) is 0 Å². The normalized spacial score (nSPS) is 17.9. The van der Waals surface area contributed by atoms with Crippen molar-refractivity contribution in [2.24, 2.45) is 0 Å². The number of likely N-dealkylation sites (tertiary alicyclic amines) is 1. The van der Waals surface area contributed by atoms with Gasteiger partial charge in [-0.25, -0.2) is 0 Å². The maximum Gasteiger partial charge on any atom is 0.236 e. The van der Waals surface area contributed by atoms with Gasteiger partial charge in [-0.3, -0.25) is 4.79 Å². The number of methoxy groups -OCH3 is 1. The van der Waals surface area contributed by atoms with Crippen LogP contribution in [0.2, 0.25) is 0 Å². The number of ether oxygens (including phenoxy) is 1. The summed E-state index contributed by atoms with van der Waals surface area (Å²) in [5.41, 5.74) is -0.209. The van der Waals surface area contributed by atoms with E-state index < -0.39 is 0 Å². The molecule has 0 aromatic carbocycles. The van der Waals surface area contributed by atoms with E-state index in [1.165, 1.54) is 12.8 Å². The first kappa shape index (κ1) is 14.5. The lowest BCUT2D eigenvalue weighted by Gasteiger charge is -2.25. The van der Waals surface area contributed by atoms with E-state index in [1.807, 2.05) is 18.7 Å². The SMILES string of the molecule is COC(C)(C)CNCC(=O)N1CCCCCC1. The van der Waals surface area contributed by atoms with E-state index in [9.17, 15) is 4.79 Å². The zero-order chi connectivity index (χ0) is 12.7. The van der Waals surface area contributed by atoms with Crippen molar-refractivity contribution in [1.82, 2.24) is 10.2 Å². The highest BCUT2D eigenvalue weighted by Crippen LogP contribution is 2.09. The monoisotopic (exact) mass is 242 g/mol. The zero-order valence-electron chi connectivity index (χ0n) is 11.4. The van der Waals surface area contributed by atoms with Gasteiger partial charge < -0.3 is 15.0 Å². The molecule has 0 unspecified atom stereocenters. The van der Waals surface area contributed by atoms with Crippen molar-refractivity contribution in [3.05, 3.63) is 0 Å². The van der Waals surface area contributed by atoms with E-state index in [0.717, 1.165) is 25.9 Å². The Morgan fingerprint density at radius 3 is 2.35 bits per heavy atom. The van der Waals surface area contributed by atoms with Crippen LogP contribution in [0.1, 0.15) is 39.5 Å². The lowest BCUT2D eigenvalue weighted by atomic mass is 10.1. The molecule has 1 rings (SSSR count). The second-order valence-corrected chi connectivity index (χ2v) is 5.36. The molecule has 100 valence electrons. The highest BCUT2D eigenvalue weighted by Gasteiger charge is 2.18. The largest absolute Gasteiger partial charge is 0.377 e. The number of hydrogen-bond acceptors (Lipinski definition) is 3. The molecule has 0 bridgehead atoms. The number of nitrogens with one attached hydrogen (secondary N) is 1. The summed E-state index contributed by atoms with van der Waals surface area (Å²) in [6.07, 6.45) is 4.81. The fourth-order valence-electron chi connectivity index (χ4n) is 1.97. The van der Waals surface area contributed by atoms with E-state index in [0.29, 0.717) is 13.1 Å². The molecule has 0 atom stereocenters. The molecule has 0 aliphatic carbocycles. The van der Waals surface area contributed by atoms with Gasteiger partial charge >= 0.3 is 0 Å². The first-order valence-corrected chi connectivity index (χ1v) is 6.59. The zero-order valence-corrected chi connectivity index (χ0v) is 11.4. The number of nitrogens with zero attached hydrogens (tertiary/aromatic N) is 1. The fraction of sp³-hybridized carbons (Fsp3) is 0.923. The molecular weight excluding hydrogens is 216 g/mol.